The van der Waals surface area contributed by atoms with E-state index in [1.54, 1.807) is 0 Å². The fourth-order valence-electron chi connectivity index (χ4n) is 2.29. The molecule has 0 saturated heterocycles. The summed E-state index contributed by atoms with van der Waals surface area (Å²) < 4.78 is 0. The smallest absolute Gasteiger partial charge is 0.0233 e. The summed E-state index contributed by atoms with van der Waals surface area (Å²) in [7, 11) is 0. The molecule has 0 aliphatic rings. The van der Waals surface area contributed by atoms with Crippen molar-refractivity contribution in [3.05, 3.63) is 59.4 Å². The molecule has 0 aliphatic carbocycles. The summed E-state index contributed by atoms with van der Waals surface area (Å²) in [5, 5.41) is 3.46. The van der Waals surface area contributed by atoms with Crippen LogP contribution in [0.1, 0.15) is 30.5 Å². The molecule has 2 aromatic rings. The third-order valence-electron chi connectivity index (χ3n) is 3.64. The van der Waals surface area contributed by atoms with Crippen LogP contribution in [-0.2, 0) is 19.6 Å². The summed E-state index contributed by atoms with van der Waals surface area (Å²) in [6.07, 6.45) is 3.99. The molecule has 0 atom stereocenters. The highest BCUT2D eigenvalue weighted by Crippen LogP contribution is 2.08. The molecule has 108 valence electrons. The lowest BCUT2D eigenvalue weighted by molar-refractivity contribution is 0.296. The average Bonchev–Trinajstić information content (AvgIpc) is 2.99. The van der Waals surface area contributed by atoms with E-state index in [9.17, 15) is 0 Å². The first-order chi connectivity index (χ1) is 9.81. The first-order valence-corrected chi connectivity index (χ1v) is 7.44. The molecule has 0 fully saturated rings. The minimum Gasteiger partial charge on any atom is -0.367 e. The van der Waals surface area contributed by atoms with Gasteiger partial charge in [-0.05, 0) is 35.8 Å². The zero-order valence-corrected chi connectivity index (χ0v) is 12.5. The molecule has 0 bridgehead atoms. The van der Waals surface area contributed by atoms with Crippen LogP contribution in [0.15, 0.2) is 42.7 Å². The zero-order valence-electron chi connectivity index (χ0n) is 12.5. The van der Waals surface area contributed by atoms with E-state index in [-0.39, 0.29) is 0 Å². The Morgan fingerprint density at radius 1 is 0.900 bits per heavy atom. The van der Waals surface area contributed by atoms with Crippen LogP contribution in [0.3, 0.4) is 0 Å². The number of nitrogens with one attached hydrogen (secondary N) is 2. The third kappa shape index (κ3) is 4.51. The van der Waals surface area contributed by atoms with Crippen LogP contribution in [-0.4, -0.2) is 23.0 Å². The molecule has 0 unspecified atom stereocenters. The summed E-state index contributed by atoms with van der Waals surface area (Å²) in [6.45, 7) is 9.50. The molecule has 2 rings (SSSR count). The Morgan fingerprint density at radius 3 is 2.15 bits per heavy atom. The largest absolute Gasteiger partial charge is 0.367 e. The Kier molecular flexibility index (Phi) is 5.84. The van der Waals surface area contributed by atoms with E-state index >= 15 is 0 Å². The second kappa shape index (κ2) is 7.88. The molecule has 0 radical (unpaired) electrons. The summed E-state index contributed by atoms with van der Waals surface area (Å²) >= 11 is 0. The second-order valence-corrected chi connectivity index (χ2v) is 5.10. The summed E-state index contributed by atoms with van der Waals surface area (Å²) in [5.74, 6) is 0. The number of nitrogens with zero attached hydrogens (tertiary/aromatic N) is 1. The maximum absolute atomic E-state index is 3.46. The molecule has 1 heterocycles. The summed E-state index contributed by atoms with van der Waals surface area (Å²) in [5.41, 5.74) is 4.02. The lowest BCUT2D eigenvalue weighted by Crippen LogP contribution is -2.22. The van der Waals surface area contributed by atoms with Gasteiger partial charge in [0.2, 0.25) is 0 Å². The number of hydrogen-bond acceptors (Lipinski definition) is 2. The highest BCUT2D eigenvalue weighted by Gasteiger charge is 2.01. The standard InChI is InChI=1S/C17H25N3/c1-3-20(4-2)14-16-7-5-15(6-8-16)11-19-13-17-9-10-18-12-17/h5-10,12,18-19H,3-4,11,13-14H2,1-2H3. The SMILES string of the molecule is CCN(CC)Cc1ccc(CNCc2cc[nH]c2)cc1. The molecule has 0 aliphatic heterocycles. The van der Waals surface area contributed by atoms with Gasteiger partial charge in [0.15, 0.2) is 0 Å². The van der Waals surface area contributed by atoms with Crippen LogP contribution in [0.2, 0.25) is 0 Å². The van der Waals surface area contributed by atoms with E-state index in [0.29, 0.717) is 0 Å². The molecule has 3 heteroatoms. The molecule has 0 amide bonds. The Labute approximate surface area is 122 Å². The molecule has 0 saturated carbocycles. The molecule has 3 nitrogen and oxygen atoms in total. The zero-order chi connectivity index (χ0) is 14.2. The van der Waals surface area contributed by atoms with E-state index in [4.69, 9.17) is 0 Å². The number of benzene rings is 1. The van der Waals surface area contributed by atoms with Gasteiger partial charge in [0.05, 0.1) is 0 Å². The van der Waals surface area contributed by atoms with Gasteiger partial charge in [-0.2, -0.15) is 0 Å². The molecule has 2 N–H and O–H groups in total. The minimum atomic E-state index is 0.907. The van der Waals surface area contributed by atoms with Crippen molar-refractivity contribution in [3.63, 3.8) is 0 Å². The van der Waals surface area contributed by atoms with Crippen molar-refractivity contribution in [2.24, 2.45) is 0 Å². The molecule has 1 aromatic carbocycles. The van der Waals surface area contributed by atoms with Crippen LogP contribution >= 0.6 is 0 Å². The van der Waals surface area contributed by atoms with Crippen molar-refractivity contribution in [2.75, 3.05) is 13.1 Å². The van der Waals surface area contributed by atoms with E-state index in [2.05, 4.69) is 59.4 Å². The topological polar surface area (TPSA) is 31.1 Å². The molecule has 1 aromatic heterocycles. The summed E-state index contributed by atoms with van der Waals surface area (Å²) in [4.78, 5) is 5.50. The number of rotatable bonds is 8. The van der Waals surface area contributed by atoms with Gasteiger partial charge in [0, 0.05) is 32.0 Å². The Bertz CT molecular complexity index is 469. The van der Waals surface area contributed by atoms with Crippen LogP contribution in [0, 0.1) is 0 Å². The van der Waals surface area contributed by atoms with E-state index in [1.807, 2.05) is 12.4 Å². The first-order valence-electron chi connectivity index (χ1n) is 7.44. The number of H-pyrrole nitrogens is 1. The Hall–Kier alpha value is -1.58. The highest BCUT2D eigenvalue weighted by atomic mass is 15.1. The van der Waals surface area contributed by atoms with Crippen molar-refractivity contribution < 1.29 is 0 Å². The van der Waals surface area contributed by atoms with Crippen LogP contribution in [0.25, 0.3) is 0 Å². The van der Waals surface area contributed by atoms with Gasteiger partial charge in [-0.25, -0.2) is 0 Å². The molecule has 20 heavy (non-hydrogen) atoms. The van der Waals surface area contributed by atoms with Crippen molar-refractivity contribution in [2.45, 2.75) is 33.5 Å². The van der Waals surface area contributed by atoms with E-state index in [0.717, 1.165) is 32.7 Å². The van der Waals surface area contributed by atoms with E-state index in [1.165, 1.54) is 16.7 Å². The molecular weight excluding hydrogens is 246 g/mol. The van der Waals surface area contributed by atoms with Crippen molar-refractivity contribution in [1.82, 2.24) is 15.2 Å². The third-order valence-corrected chi connectivity index (χ3v) is 3.64. The van der Waals surface area contributed by atoms with Crippen molar-refractivity contribution in [1.29, 1.82) is 0 Å². The Balaban J connectivity index is 1.79. The molecular formula is C17H25N3. The van der Waals surface area contributed by atoms with E-state index < -0.39 is 0 Å². The number of aromatic nitrogens is 1. The van der Waals surface area contributed by atoms with Gasteiger partial charge >= 0.3 is 0 Å². The quantitative estimate of drug-likeness (QED) is 0.773. The lowest BCUT2D eigenvalue weighted by atomic mass is 10.1. The van der Waals surface area contributed by atoms with Gasteiger partial charge < -0.3 is 10.3 Å². The van der Waals surface area contributed by atoms with Gasteiger partial charge in [-0.1, -0.05) is 38.1 Å². The van der Waals surface area contributed by atoms with Gasteiger partial charge in [0.25, 0.3) is 0 Å². The summed E-state index contributed by atoms with van der Waals surface area (Å²) in [6, 6.07) is 11.0. The average molecular weight is 271 g/mol. The second-order valence-electron chi connectivity index (χ2n) is 5.10. The fraction of sp³-hybridized carbons (Fsp3) is 0.412. The van der Waals surface area contributed by atoms with Crippen molar-refractivity contribution in [3.8, 4) is 0 Å². The predicted octanol–water partition coefficient (Wildman–Crippen LogP) is 3.15. The van der Waals surface area contributed by atoms with Gasteiger partial charge in [-0.15, -0.1) is 0 Å². The van der Waals surface area contributed by atoms with Crippen LogP contribution in [0.4, 0.5) is 0 Å². The highest BCUT2D eigenvalue weighted by molar-refractivity contribution is 5.22. The number of hydrogen-bond donors (Lipinski definition) is 2. The fourth-order valence-corrected chi connectivity index (χ4v) is 2.29. The Morgan fingerprint density at radius 2 is 1.55 bits per heavy atom. The van der Waals surface area contributed by atoms with Gasteiger partial charge in [0.1, 0.15) is 0 Å². The predicted molar refractivity (Wildman–Crippen MR) is 84.4 cm³/mol. The minimum absolute atomic E-state index is 0.907. The lowest BCUT2D eigenvalue weighted by Gasteiger charge is -2.18. The van der Waals surface area contributed by atoms with Gasteiger partial charge in [-0.3, -0.25) is 4.90 Å². The first kappa shape index (κ1) is 14.8. The molecule has 0 spiro atoms. The maximum Gasteiger partial charge on any atom is 0.0233 e. The number of aromatic amines is 1. The van der Waals surface area contributed by atoms with Crippen LogP contribution < -0.4 is 5.32 Å². The maximum atomic E-state index is 3.46. The van der Waals surface area contributed by atoms with Crippen LogP contribution in [0.5, 0.6) is 0 Å². The normalized spacial score (nSPS) is 11.2. The van der Waals surface area contributed by atoms with Crippen molar-refractivity contribution >= 4 is 0 Å². The monoisotopic (exact) mass is 271 g/mol.